The lowest BCUT2D eigenvalue weighted by Gasteiger charge is -2.48. The van der Waals surface area contributed by atoms with Crippen LogP contribution in [-0.2, 0) is 44.4 Å². The highest BCUT2D eigenvalue weighted by atomic mass is 16.7. The van der Waals surface area contributed by atoms with E-state index in [1.807, 2.05) is 51.1 Å². The molecule has 5 heterocycles. The molecule has 1 spiro atoms. The predicted molar refractivity (Wildman–Crippen MR) is 210 cm³/mol. The zero-order valence-electron chi connectivity index (χ0n) is 35.5. The fourth-order valence-electron chi connectivity index (χ4n) is 10.8. The molecule has 0 aliphatic carbocycles. The van der Waals surface area contributed by atoms with Crippen LogP contribution in [0.2, 0.25) is 0 Å². The third kappa shape index (κ3) is 9.21. The fourth-order valence-corrected chi connectivity index (χ4v) is 10.8. The Kier molecular flexibility index (Phi) is 13.4. The summed E-state index contributed by atoms with van der Waals surface area (Å²) in [5.41, 5.74) is -0.163. The van der Waals surface area contributed by atoms with Gasteiger partial charge in [0.25, 0.3) is 0 Å². The van der Waals surface area contributed by atoms with E-state index >= 15 is 0 Å². The molecule has 6 rings (SSSR count). The van der Waals surface area contributed by atoms with E-state index in [4.69, 9.17) is 33.2 Å². The van der Waals surface area contributed by atoms with Crippen molar-refractivity contribution in [1.82, 2.24) is 5.32 Å². The molecular weight excluding hydrogens is 734 g/mol. The van der Waals surface area contributed by atoms with Crippen molar-refractivity contribution in [2.75, 3.05) is 20.3 Å². The first-order valence-electron chi connectivity index (χ1n) is 21.3. The first-order valence-corrected chi connectivity index (χ1v) is 21.3. The number of carbonyl (C=O) groups excluding carboxylic acids is 1. The normalized spacial score (nSPS) is 43.8. The molecule has 5 saturated heterocycles. The smallest absolute Gasteiger partial charge is 0.407 e. The highest BCUT2D eigenvalue weighted by Crippen LogP contribution is 2.54. The minimum atomic E-state index is -1.65. The van der Waals surface area contributed by atoms with Gasteiger partial charge in [0, 0.05) is 44.2 Å². The monoisotopic (exact) mass is 803 g/mol. The summed E-state index contributed by atoms with van der Waals surface area (Å²) in [4.78, 5) is 24.5. The van der Waals surface area contributed by atoms with Gasteiger partial charge in [-0.3, -0.25) is 4.79 Å². The third-order valence-corrected chi connectivity index (χ3v) is 14.3. The van der Waals surface area contributed by atoms with Crippen LogP contribution >= 0.6 is 0 Å². The largest absolute Gasteiger partial charge is 0.481 e. The molecule has 0 radical (unpaired) electrons. The molecule has 13 nitrogen and oxygen atoms in total. The second-order valence-corrected chi connectivity index (χ2v) is 18.8. The number of amides is 1. The van der Waals surface area contributed by atoms with Crippen molar-refractivity contribution in [3.63, 3.8) is 0 Å². The van der Waals surface area contributed by atoms with Gasteiger partial charge in [0.05, 0.1) is 59.8 Å². The van der Waals surface area contributed by atoms with Gasteiger partial charge in [-0.05, 0) is 76.7 Å². The molecule has 0 unspecified atom stereocenters. The van der Waals surface area contributed by atoms with Crippen LogP contribution in [-0.4, -0.2) is 113 Å². The molecule has 0 saturated carbocycles. The number of aliphatic hydroxyl groups excluding tert-OH is 1. The number of carboxylic acid groups (broad SMARTS) is 1. The van der Waals surface area contributed by atoms with Gasteiger partial charge >= 0.3 is 12.1 Å². The Bertz CT molecular complexity index is 1530. The topological polar surface area (TPSA) is 171 Å². The summed E-state index contributed by atoms with van der Waals surface area (Å²) in [6.45, 7) is 16.1. The van der Waals surface area contributed by atoms with Crippen molar-refractivity contribution >= 4 is 12.1 Å². The first kappa shape index (κ1) is 44.2. The number of carbonyl (C=O) groups is 2. The van der Waals surface area contributed by atoms with Crippen molar-refractivity contribution in [3.05, 3.63) is 35.9 Å². The molecule has 5 fully saturated rings. The molecule has 0 aromatic heterocycles. The predicted octanol–water partition coefficient (Wildman–Crippen LogP) is 5.86. The number of nitrogens with one attached hydrogen (secondary N) is 1. The number of aliphatic hydroxyl groups is 2. The van der Waals surface area contributed by atoms with Gasteiger partial charge in [-0.15, -0.1) is 0 Å². The van der Waals surface area contributed by atoms with E-state index in [0.717, 1.165) is 24.8 Å². The Morgan fingerprint density at radius 1 is 0.965 bits per heavy atom. The highest BCUT2D eigenvalue weighted by molar-refractivity contribution is 5.70. The zero-order valence-corrected chi connectivity index (χ0v) is 35.5. The summed E-state index contributed by atoms with van der Waals surface area (Å²) in [6, 6.07) is 9.88. The quantitative estimate of drug-likeness (QED) is 0.188. The molecule has 1 aromatic carbocycles. The summed E-state index contributed by atoms with van der Waals surface area (Å²) in [6.07, 6.45) is 1.71. The Hall–Kier alpha value is -2.36. The van der Waals surface area contributed by atoms with Gasteiger partial charge in [-0.25, -0.2) is 4.79 Å². The second-order valence-electron chi connectivity index (χ2n) is 18.8. The molecule has 5 aliphatic rings. The minimum Gasteiger partial charge on any atom is -0.481 e. The van der Waals surface area contributed by atoms with Crippen LogP contribution in [0.4, 0.5) is 4.79 Å². The van der Waals surface area contributed by atoms with E-state index in [9.17, 15) is 24.9 Å². The number of rotatable bonds is 13. The van der Waals surface area contributed by atoms with Crippen molar-refractivity contribution in [2.24, 2.45) is 35.5 Å². The average molecular weight is 804 g/mol. The Balaban J connectivity index is 1.06. The number of benzene rings is 1. The van der Waals surface area contributed by atoms with Crippen LogP contribution in [0.1, 0.15) is 106 Å². The molecular formula is C44H69NO12. The minimum absolute atomic E-state index is 0.106. The molecule has 0 bridgehead atoms. The van der Waals surface area contributed by atoms with E-state index < -0.39 is 65.2 Å². The SMILES string of the molecule is CO[C@H]([C@H](C)[C@@H]1O[C@]2(CC[C@](C)([C@@H]3CC[C@](C)([C@@H]4O[C@@H]([C@@H]5O[C@](O)(COC(=O)NCCc6ccccc6)[C@@H](C)C[C@H]5C)C[C@H]4C)O3)O2)C[C@@H](O)[C@H]1C)[C@@H](C)C(=O)O. The fraction of sp³-hybridized carbons (Fsp3) is 0.818. The third-order valence-electron chi connectivity index (χ3n) is 14.3. The number of alkyl carbamates (subject to hydrolysis) is 1. The summed E-state index contributed by atoms with van der Waals surface area (Å²) in [5, 5.41) is 35.5. The summed E-state index contributed by atoms with van der Waals surface area (Å²) >= 11 is 0. The zero-order chi connectivity index (χ0) is 41.5. The van der Waals surface area contributed by atoms with Crippen molar-refractivity contribution < 1.29 is 58.1 Å². The Morgan fingerprint density at radius 2 is 1.68 bits per heavy atom. The lowest BCUT2D eigenvalue weighted by atomic mass is 9.78. The lowest BCUT2D eigenvalue weighted by molar-refractivity contribution is -0.336. The van der Waals surface area contributed by atoms with Gasteiger partial charge in [0.1, 0.15) is 6.61 Å². The summed E-state index contributed by atoms with van der Waals surface area (Å²) in [7, 11) is 1.52. The van der Waals surface area contributed by atoms with Gasteiger partial charge < -0.3 is 53.8 Å². The molecule has 4 N–H and O–H groups in total. The maximum absolute atomic E-state index is 12.6. The van der Waals surface area contributed by atoms with Crippen molar-refractivity contribution in [1.29, 1.82) is 0 Å². The van der Waals surface area contributed by atoms with Crippen molar-refractivity contribution in [3.8, 4) is 0 Å². The maximum atomic E-state index is 12.6. The highest BCUT2D eigenvalue weighted by Gasteiger charge is 2.61. The van der Waals surface area contributed by atoms with Gasteiger partial charge in [-0.2, -0.15) is 0 Å². The number of carboxylic acids is 1. The first-order chi connectivity index (χ1) is 26.8. The molecule has 322 valence electrons. The molecule has 57 heavy (non-hydrogen) atoms. The summed E-state index contributed by atoms with van der Waals surface area (Å²) < 4.78 is 45.2. The number of methoxy groups -OCH3 is 1. The van der Waals surface area contributed by atoms with Crippen LogP contribution < -0.4 is 5.32 Å². The molecule has 1 amide bonds. The molecule has 5 aliphatic heterocycles. The number of aliphatic carboxylic acids is 1. The maximum Gasteiger partial charge on any atom is 0.407 e. The lowest BCUT2D eigenvalue weighted by Crippen LogP contribution is -2.57. The van der Waals surface area contributed by atoms with E-state index in [0.29, 0.717) is 38.6 Å². The van der Waals surface area contributed by atoms with Crippen LogP contribution in [0.5, 0.6) is 0 Å². The molecule has 1 aromatic rings. The van der Waals surface area contributed by atoms with Crippen LogP contribution in [0, 0.1) is 35.5 Å². The number of hydrogen-bond acceptors (Lipinski definition) is 11. The number of hydrogen-bond donors (Lipinski definition) is 4. The van der Waals surface area contributed by atoms with Crippen LogP contribution in [0.3, 0.4) is 0 Å². The number of ether oxygens (including phenoxy) is 7. The molecule has 13 heteroatoms. The van der Waals surface area contributed by atoms with Crippen molar-refractivity contribution in [2.45, 2.75) is 172 Å². The average Bonchev–Trinajstić information content (AvgIpc) is 3.87. The second kappa shape index (κ2) is 17.3. The molecule has 17 atom stereocenters. The van der Waals surface area contributed by atoms with Crippen LogP contribution in [0.25, 0.3) is 0 Å². The standard InChI is InChI=1S/C44H69NO12/c1-25-21-27(3)44(50,24-52-40(49)45-20-16-31-13-11-10-12-14-31)56-35(25)33-22-26(2)38(53-33)42(8)17-15-34(54-42)41(7)18-19-43(57-41)23-32(46)28(4)37(55-43)29(5)36(51-9)30(6)39(47)48/h10-14,25-30,32-38,46,50H,15-24H2,1-9H3,(H,45,49)(H,47,48)/t25-,26-,27+,28-,29+,30-,32-,33-,34+,35-,36-,37-,38-,41-,42-,43+,44-/m1/s1. The summed E-state index contributed by atoms with van der Waals surface area (Å²) in [5.74, 6) is -4.91. The van der Waals surface area contributed by atoms with Gasteiger partial charge in [-0.1, -0.05) is 65.0 Å². The van der Waals surface area contributed by atoms with E-state index in [1.165, 1.54) is 7.11 Å². The Labute approximate surface area is 338 Å². The van der Waals surface area contributed by atoms with E-state index in [-0.39, 0.29) is 54.5 Å². The Morgan fingerprint density at radius 3 is 2.37 bits per heavy atom. The van der Waals surface area contributed by atoms with E-state index in [2.05, 4.69) is 33.0 Å². The van der Waals surface area contributed by atoms with Gasteiger partial charge in [0.2, 0.25) is 5.79 Å². The van der Waals surface area contributed by atoms with E-state index in [1.54, 1.807) is 6.92 Å². The van der Waals surface area contributed by atoms with Crippen LogP contribution in [0.15, 0.2) is 30.3 Å². The van der Waals surface area contributed by atoms with Gasteiger partial charge in [0.15, 0.2) is 5.79 Å².